The van der Waals surface area contributed by atoms with Crippen LogP contribution in [0.25, 0.3) is 12.2 Å². The van der Waals surface area contributed by atoms with Gasteiger partial charge in [0.1, 0.15) is 0 Å². The molecular formula is C14H12O9S3. The highest BCUT2D eigenvalue weighted by molar-refractivity contribution is 7.86. The molecule has 0 aliphatic carbocycles. The van der Waals surface area contributed by atoms with Gasteiger partial charge in [-0.2, -0.15) is 25.3 Å². The average Bonchev–Trinajstić information content (AvgIpc) is 2.50. The lowest BCUT2D eigenvalue weighted by atomic mass is 10.1. The molecule has 0 atom stereocenters. The van der Waals surface area contributed by atoms with Gasteiger partial charge in [0.15, 0.2) is 0 Å². The Morgan fingerprint density at radius 1 is 0.538 bits per heavy atom. The Balaban J connectivity index is 2.47. The first-order valence-electron chi connectivity index (χ1n) is 6.62. The van der Waals surface area contributed by atoms with E-state index in [0.717, 1.165) is 24.3 Å². The van der Waals surface area contributed by atoms with Gasteiger partial charge in [-0.3, -0.25) is 13.7 Å². The molecule has 0 aliphatic rings. The van der Waals surface area contributed by atoms with Gasteiger partial charge in [-0.1, -0.05) is 24.3 Å². The fourth-order valence-corrected chi connectivity index (χ4v) is 3.61. The highest BCUT2D eigenvalue weighted by Crippen LogP contribution is 2.21. The molecule has 26 heavy (non-hydrogen) atoms. The molecule has 12 heteroatoms. The van der Waals surface area contributed by atoms with Crippen molar-refractivity contribution in [2.75, 3.05) is 0 Å². The molecular weight excluding hydrogens is 408 g/mol. The molecule has 0 saturated heterocycles. The molecule has 0 aliphatic heterocycles. The smallest absolute Gasteiger partial charge is 0.282 e. The molecule has 0 amide bonds. The first-order chi connectivity index (χ1) is 11.8. The minimum absolute atomic E-state index is 0.0339. The highest BCUT2D eigenvalue weighted by Gasteiger charge is 2.17. The van der Waals surface area contributed by atoms with Gasteiger partial charge in [0.2, 0.25) is 0 Å². The Bertz CT molecular complexity index is 1120. The zero-order chi connectivity index (χ0) is 19.8. The molecule has 140 valence electrons. The van der Waals surface area contributed by atoms with Crippen molar-refractivity contribution in [2.45, 2.75) is 14.7 Å². The summed E-state index contributed by atoms with van der Waals surface area (Å²) >= 11 is 0. The third kappa shape index (κ3) is 5.20. The third-order valence-corrected chi connectivity index (χ3v) is 5.68. The van der Waals surface area contributed by atoms with Crippen molar-refractivity contribution < 1.29 is 38.9 Å². The first kappa shape index (κ1) is 20.2. The van der Waals surface area contributed by atoms with Gasteiger partial charge in [-0.15, -0.1) is 0 Å². The lowest BCUT2D eigenvalue weighted by molar-refractivity contribution is 0.478. The minimum atomic E-state index is -4.72. The van der Waals surface area contributed by atoms with Crippen molar-refractivity contribution in [2.24, 2.45) is 0 Å². The van der Waals surface area contributed by atoms with Crippen molar-refractivity contribution in [3.63, 3.8) is 0 Å². The van der Waals surface area contributed by atoms with Gasteiger partial charge in [-0.25, -0.2) is 0 Å². The largest absolute Gasteiger partial charge is 0.294 e. The summed E-state index contributed by atoms with van der Waals surface area (Å²) in [5, 5.41) is 0. The topological polar surface area (TPSA) is 163 Å². The van der Waals surface area contributed by atoms with Crippen LogP contribution in [0.15, 0.2) is 57.2 Å². The van der Waals surface area contributed by atoms with E-state index in [1.54, 1.807) is 0 Å². The van der Waals surface area contributed by atoms with E-state index in [4.69, 9.17) is 13.7 Å². The Hall–Kier alpha value is -2.09. The second-order valence-electron chi connectivity index (χ2n) is 5.07. The van der Waals surface area contributed by atoms with E-state index in [1.165, 1.54) is 24.3 Å². The number of hydrogen-bond acceptors (Lipinski definition) is 6. The molecule has 3 N–H and O–H groups in total. The van der Waals surface area contributed by atoms with E-state index in [9.17, 15) is 25.3 Å². The zero-order valence-electron chi connectivity index (χ0n) is 12.7. The van der Waals surface area contributed by atoms with Gasteiger partial charge in [0.05, 0.1) is 14.7 Å². The predicted octanol–water partition coefficient (Wildman–Crippen LogP) is 1.60. The molecule has 0 spiro atoms. The summed E-state index contributed by atoms with van der Waals surface area (Å²) in [6.07, 6.45) is 2.68. The number of rotatable bonds is 5. The van der Waals surface area contributed by atoms with Crippen LogP contribution in [0.3, 0.4) is 0 Å². The fraction of sp³-hybridized carbons (Fsp3) is 0. The quantitative estimate of drug-likeness (QED) is 0.481. The molecule has 0 saturated carbocycles. The summed E-state index contributed by atoms with van der Waals surface area (Å²) in [4.78, 5) is -1.78. The third-order valence-electron chi connectivity index (χ3n) is 3.14. The summed E-state index contributed by atoms with van der Waals surface area (Å²) in [5.41, 5.74) is 0.481. The average molecular weight is 420 g/mol. The molecule has 2 rings (SSSR count). The summed E-state index contributed by atoms with van der Waals surface area (Å²) in [5.74, 6) is 0. The highest BCUT2D eigenvalue weighted by atomic mass is 32.2. The van der Waals surface area contributed by atoms with Gasteiger partial charge >= 0.3 is 0 Å². The van der Waals surface area contributed by atoms with E-state index in [1.807, 2.05) is 0 Å². The summed E-state index contributed by atoms with van der Waals surface area (Å²) in [6.45, 7) is 0. The van der Waals surface area contributed by atoms with Crippen LogP contribution in [0.1, 0.15) is 11.1 Å². The van der Waals surface area contributed by atoms with E-state index in [2.05, 4.69) is 0 Å². The Morgan fingerprint density at radius 2 is 0.923 bits per heavy atom. The molecule has 2 aromatic carbocycles. The van der Waals surface area contributed by atoms with E-state index in [0.29, 0.717) is 11.6 Å². The van der Waals surface area contributed by atoms with Crippen LogP contribution < -0.4 is 0 Å². The maximum absolute atomic E-state index is 11.2. The summed E-state index contributed by atoms with van der Waals surface area (Å²) in [6, 6.07) is 7.51. The number of benzene rings is 2. The van der Waals surface area contributed by atoms with Crippen LogP contribution in [0.5, 0.6) is 0 Å². The second-order valence-corrected chi connectivity index (χ2v) is 9.33. The summed E-state index contributed by atoms with van der Waals surface area (Å²) < 4.78 is 94.0. The molecule has 0 unspecified atom stereocenters. The first-order valence-corrected chi connectivity index (χ1v) is 10.9. The fourth-order valence-electron chi connectivity index (χ4n) is 1.93. The van der Waals surface area contributed by atoms with Crippen molar-refractivity contribution >= 4 is 42.5 Å². The van der Waals surface area contributed by atoms with Crippen molar-refractivity contribution in [1.82, 2.24) is 0 Å². The molecule has 9 nitrogen and oxygen atoms in total. The maximum atomic E-state index is 11.2. The molecule has 0 heterocycles. The van der Waals surface area contributed by atoms with Gasteiger partial charge < -0.3 is 0 Å². The second kappa shape index (κ2) is 6.90. The van der Waals surface area contributed by atoms with Crippen molar-refractivity contribution in [3.05, 3.63) is 53.6 Å². The van der Waals surface area contributed by atoms with E-state index < -0.39 is 40.1 Å². The normalized spacial score (nSPS) is 13.2. The lowest BCUT2D eigenvalue weighted by Gasteiger charge is -2.04. The lowest BCUT2D eigenvalue weighted by Crippen LogP contribution is -2.04. The van der Waals surface area contributed by atoms with Gasteiger partial charge in [0, 0.05) is 0 Å². The van der Waals surface area contributed by atoms with Crippen molar-refractivity contribution in [1.29, 1.82) is 0 Å². The predicted molar refractivity (Wildman–Crippen MR) is 91.3 cm³/mol. The van der Waals surface area contributed by atoms with Crippen LogP contribution in [-0.2, 0) is 30.4 Å². The summed E-state index contributed by atoms with van der Waals surface area (Å²) in [7, 11) is -13.8. The Morgan fingerprint density at radius 3 is 1.31 bits per heavy atom. The van der Waals surface area contributed by atoms with E-state index >= 15 is 0 Å². The van der Waals surface area contributed by atoms with Crippen LogP contribution in [-0.4, -0.2) is 38.9 Å². The van der Waals surface area contributed by atoms with Crippen molar-refractivity contribution in [3.8, 4) is 0 Å². The Labute approximate surface area is 149 Å². The van der Waals surface area contributed by atoms with Crippen LogP contribution >= 0.6 is 0 Å². The Kier molecular flexibility index (Phi) is 5.37. The zero-order valence-corrected chi connectivity index (χ0v) is 15.2. The van der Waals surface area contributed by atoms with E-state index in [-0.39, 0.29) is 10.5 Å². The van der Waals surface area contributed by atoms with Gasteiger partial charge in [-0.05, 0) is 41.5 Å². The van der Waals surface area contributed by atoms with Gasteiger partial charge in [0.25, 0.3) is 30.4 Å². The molecule has 2 aromatic rings. The minimum Gasteiger partial charge on any atom is -0.282 e. The molecule has 0 bridgehead atoms. The number of hydrogen-bond donors (Lipinski definition) is 3. The standard InChI is InChI=1S/C14H12O9S3/c15-24(16,17)12-5-3-10(4-6-12)1-2-11-7-13(25(18,19)20)9-14(8-11)26(21,22)23/h1-9H,(H,15,16,17)(H,18,19,20)(H,21,22,23). The SMILES string of the molecule is O=S(=O)(O)c1ccc(C=Cc2cc(S(=O)(=O)O)cc(S(=O)(=O)O)c2)cc1. The van der Waals surface area contributed by atoms with Crippen LogP contribution in [0.4, 0.5) is 0 Å². The van der Waals surface area contributed by atoms with Crippen LogP contribution in [0.2, 0.25) is 0 Å². The van der Waals surface area contributed by atoms with Crippen LogP contribution in [0, 0.1) is 0 Å². The molecule has 0 radical (unpaired) electrons. The maximum Gasteiger partial charge on any atom is 0.294 e. The monoisotopic (exact) mass is 420 g/mol. The molecule has 0 aromatic heterocycles. The molecule has 0 fully saturated rings.